The molecule has 0 aliphatic carbocycles. The van der Waals surface area contributed by atoms with Crippen LogP contribution in [0.15, 0.2) is 36.5 Å². The third-order valence-electron chi connectivity index (χ3n) is 2.96. The van der Waals surface area contributed by atoms with Gasteiger partial charge in [0.05, 0.1) is 5.52 Å². The van der Waals surface area contributed by atoms with Crippen molar-refractivity contribution in [2.24, 2.45) is 7.05 Å². The largest absolute Gasteiger partial charge is 0.314 e. The maximum absolute atomic E-state index is 4.35. The van der Waals surface area contributed by atoms with Crippen LogP contribution in [0.5, 0.6) is 0 Å². The van der Waals surface area contributed by atoms with E-state index in [9.17, 15) is 0 Å². The predicted octanol–water partition coefficient (Wildman–Crippen LogP) is 2.34. The van der Waals surface area contributed by atoms with Crippen LogP contribution in [-0.2, 0) is 7.05 Å². The first-order chi connectivity index (χ1) is 8.25. The molecule has 0 unspecified atom stereocenters. The Balaban J connectivity index is 2.21. The molecule has 2 heterocycles. The van der Waals surface area contributed by atoms with E-state index in [4.69, 9.17) is 0 Å². The van der Waals surface area contributed by atoms with Crippen molar-refractivity contribution in [1.29, 1.82) is 0 Å². The lowest BCUT2D eigenvalue weighted by molar-refractivity contribution is 0.865. The van der Waals surface area contributed by atoms with Gasteiger partial charge in [0.25, 0.3) is 0 Å². The summed E-state index contributed by atoms with van der Waals surface area (Å²) in [6.45, 7) is 1.94. The molecular formula is C13H12N4. The molecule has 4 heteroatoms. The zero-order chi connectivity index (χ0) is 11.8. The molecule has 0 radical (unpaired) electrons. The number of hydrogen-bond acceptors (Lipinski definition) is 3. The molecule has 3 aromatic rings. The second-order valence-corrected chi connectivity index (χ2v) is 4.04. The minimum Gasteiger partial charge on any atom is -0.314 e. The van der Waals surface area contributed by atoms with E-state index >= 15 is 0 Å². The maximum atomic E-state index is 4.35. The van der Waals surface area contributed by atoms with Gasteiger partial charge in [0.15, 0.2) is 5.82 Å². The number of hydrogen-bond donors (Lipinski definition) is 0. The number of pyridine rings is 1. The summed E-state index contributed by atoms with van der Waals surface area (Å²) in [5.41, 5.74) is 2.02. The Bertz CT molecular complexity index is 685. The zero-order valence-corrected chi connectivity index (χ0v) is 9.75. The summed E-state index contributed by atoms with van der Waals surface area (Å²) in [7, 11) is 1.97. The molecule has 0 bridgehead atoms. The average molecular weight is 224 g/mol. The highest BCUT2D eigenvalue weighted by molar-refractivity contribution is 5.82. The van der Waals surface area contributed by atoms with Crippen LogP contribution in [0, 0.1) is 6.92 Å². The summed E-state index contributed by atoms with van der Waals surface area (Å²) in [6, 6.07) is 10.1. The fraction of sp³-hybridized carbons (Fsp3) is 0.154. The lowest BCUT2D eigenvalue weighted by Crippen LogP contribution is -1.94. The van der Waals surface area contributed by atoms with Crippen molar-refractivity contribution >= 4 is 10.9 Å². The van der Waals surface area contributed by atoms with Crippen LogP contribution in [0.1, 0.15) is 5.82 Å². The number of fused-ring (bicyclic) bond motifs is 1. The van der Waals surface area contributed by atoms with Crippen molar-refractivity contribution in [3.8, 4) is 11.4 Å². The molecular weight excluding hydrogens is 212 g/mol. The Morgan fingerprint density at radius 2 is 2.00 bits per heavy atom. The summed E-state index contributed by atoms with van der Waals surface area (Å²) in [4.78, 5) is 4.35. The fourth-order valence-electron chi connectivity index (χ4n) is 1.86. The molecule has 0 saturated carbocycles. The minimum absolute atomic E-state index is 0.870. The van der Waals surface area contributed by atoms with Crippen molar-refractivity contribution in [3.63, 3.8) is 0 Å². The first kappa shape index (κ1) is 9.96. The van der Waals surface area contributed by atoms with E-state index < -0.39 is 0 Å². The van der Waals surface area contributed by atoms with Crippen molar-refractivity contribution in [1.82, 2.24) is 19.7 Å². The van der Waals surface area contributed by atoms with Gasteiger partial charge >= 0.3 is 0 Å². The molecule has 0 fully saturated rings. The van der Waals surface area contributed by atoms with Crippen LogP contribution in [0.4, 0.5) is 0 Å². The van der Waals surface area contributed by atoms with Gasteiger partial charge in [0, 0.05) is 24.2 Å². The predicted molar refractivity (Wildman–Crippen MR) is 66.5 cm³/mol. The molecule has 2 aromatic heterocycles. The maximum Gasteiger partial charge on any atom is 0.163 e. The Labute approximate surface area is 98.9 Å². The number of nitrogens with zero attached hydrogens (tertiary/aromatic N) is 4. The van der Waals surface area contributed by atoms with E-state index in [0.29, 0.717) is 0 Å². The van der Waals surface area contributed by atoms with Crippen LogP contribution in [0.2, 0.25) is 0 Å². The Morgan fingerprint density at radius 3 is 2.76 bits per heavy atom. The van der Waals surface area contributed by atoms with Gasteiger partial charge in [0.1, 0.15) is 5.82 Å². The molecule has 4 nitrogen and oxygen atoms in total. The third kappa shape index (κ3) is 1.58. The molecule has 0 saturated heterocycles. The Morgan fingerprint density at radius 1 is 1.12 bits per heavy atom. The van der Waals surface area contributed by atoms with Crippen molar-refractivity contribution in [2.75, 3.05) is 0 Å². The van der Waals surface area contributed by atoms with E-state index in [-0.39, 0.29) is 0 Å². The van der Waals surface area contributed by atoms with Gasteiger partial charge in [-0.1, -0.05) is 18.2 Å². The normalized spacial score (nSPS) is 10.9. The first-order valence-corrected chi connectivity index (χ1v) is 5.47. The number of benzene rings is 1. The van der Waals surface area contributed by atoms with E-state index in [2.05, 4.69) is 21.2 Å². The van der Waals surface area contributed by atoms with Crippen molar-refractivity contribution in [2.45, 2.75) is 6.92 Å². The quantitative estimate of drug-likeness (QED) is 0.637. The van der Waals surface area contributed by atoms with E-state index in [1.54, 1.807) is 6.20 Å². The van der Waals surface area contributed by atoms with Crippen LogP contribution < -0.4 is 0 Å². The van der Waals surface area contributed by atoms with Crippen LogP contribution in [0.3, 0.4) is 0 Å². The van der Waals surface area contributed by atoms with Gasteiger partial charge in [-0.05, 0) is 19.1 Å². The minimum atomic E-state index is 0.870. The fourth-order valence-corrected chi connectivity index (χ4v) is 1.86. The van der Waals surface area contributed by atoms with E-state index in [1.165, 1.54) is 0 Å². The zero-order valence-electron chi connectivity index (χ0n) is 9.75. The highest BCUT2D eigenvalue weighted by atomic mass is 15.3. The van der Waals surface area contributed by atoms with E-state index in [0.717, 1.165) is 28.1 Å². The van der Waals surface area contributed by atoms with Gasteiger partial charge in [-0.3, -0.25) is 4.98 Å². The SMILES string of the molecule is Cc1nnc(-c2ccc3cccnc3c2)n1C. The first-order valence-electron chi connectivity index (χ1n) is 5.47. The van der Waals surface area contributed by atoms with Crippen LogP contribution in [0.25, 0.3) is 22.3 Å². The van der Waals surface area contributed by atoms with Gasteiger partial charge < -0.3 is 4.57 Å². The number of aromatic nitrogens is 4. The third-order valence-corrected chi connectivity index (χ3v) is 2.96. The molecule has 0 spiro atoms. The van der Waals surface area contributed by atoms with Gasteiger partial charge in [-0.15, -0.1) is 10.2 Å². The molecule has 1 aromatic carbocycles. The average Bonchev–Trinajstić information content (AvgIpc) is 2.70. The monoisotopic (exact) mass is 224 g/mol. The Hall–Kier alpha value is -2.23. The highest BCUT2D eigenvalue weighted by Crippen LogP contribution is 2.21. The summed E-state index contributed by atoms with van der Waals surface area (Å²) < 4.78 is 1.98. The smallest absolute Gasteiger partial charge is 0.163 e. The lowest BCUT2D eigenvalue weighted by atomic mass is 10.1. The van der Waals surface area contributed by atoms with Crippen molar-refractivity contribution in [3.05, 3.63) is 42.4 Å². The molecule has 3 rings (SSSR count). The van der Waals surface area contributed by atoms with Gasteiger partial charge in [-0.25, -0.2) is 0 Å². The standard InChI is InChI=1S/C13H12N4/c1-9-15-16-13(17(9)2)11-6-5-10-4-3-7-14-12(10)8-11/h3-8H,1-2H3. The van der Waals surface area contributed by atoms with Gasteiger partial charge in [0.2, 0.25) is 0 Å². The summed E-state index contributed by atoms with van der Waals surface area (Å²) in [6.07, 6.45) is 1.80. The molecule has 0 amide bonds. The summed E-state index contributed by atoms with van der Waals surface area (Å²) >= 11 is 0. The summed E-state index contributed by atoms with van der Waals surface area (Å²) in [5, 5.41) is 9.38. The Kier molecular flexibility index (Phi) is 2.14. The molecule has 84 valence electrons. The highest BCUT2D eigenvalue weighted by Gasteiger charge is 2.08. The molecule has 0 aliphatic rings. The lowest BCUT2D eigenvalue weighted by Gasteiger charge is -2.03. The van der Waals surface area contributed by atoms with Crippen LogP contribution in [-0.4, -0.2) is 19.7 Å². The summed E-state index contributed by atoms with van der Waals surface area (Å²) in [5.74, 6) is 1.77. The second kappa shape index (κ2) is 3.66. The molecule has 0 atom stereocenters. The molecule has 0 N–H and O–H groups in total. The molecule has 0 aliphatic heterocycles. The van der Waals surface area contributed by atoms with E-state index in [1.807, 2.05) is 42.8 Å². The van der Waals surface area contributed by atoms with Crippen molar-refractivity contribution < 1.29 is 0 Å². The number of rotatable bonds is 1. The topological polar surface area (TPSA) is 43.6 Å². The second-order valence-electron chi connectivity index (χ2n) is 4.04. The number of aryl methyl sites for hydroxylation is 1. The van der Waals surface area contributed by atoms with Gasteiger partial charge in [-0.2, -0.15) is 0 Å². The molecule has 17 heavy (non-hydrogen) atoms. The van der Waals surface area contributed by atoms with Crippen LogP contribution >= 0.6 is 0 Å².